The maximum Gasteiger partial charge on any atom is 0.338 e. The minimum Gasteiger partial charge on any atom is -0.454 e. The van der Waals surface area contributed by atoms with Crippen LogP contribution in [-0.4, -0.2) is 26.8 Å². The molecule has 0 aliphatic carbocycles. The van der Waals surface area contributed by atoms with Crippen molar-refractivity contribution in [1.82, 2.24) is 0 Å². The van der Waals surface area contributed by atoms with Crippen molar-refractivity contribution in [3.8, 4) is 0 Å². The van der Waals surface area contributed by atoms with Crippen molar-refractivity contribution < 1.29 is 27.1 Å². The lowest BCUT2D eigenvalue weighted by Crippen LogP contribution is -2.26. The van der Waals surface area contributed by atoms with E-state index >= 15 is 0 Å². The summed E-state index contributed by atoms with van der Waals surface area (Å²) in [5.74, 6) is -1.54. The molecule has 0 spiro atoms. The summed E-state index contributed by atoms with van der Waals surface area (Å²) in [7, 11) is -3.98. The Hall–Kier alpha value is -2.74. The standard InChI is InChI=1S/C19H20FNO5S/c1-19(2,3)17(22)12-26-18(23)13-5-4-6-16(11-13)27(24,25)21-15-9-7-14(20)8-10-15/h4-11,21H,12H2,1-3H3. The predicted octanol–water partition coefficient (Wildman–Crippen LogP) is 3.40. The van der Waals surface area contributed by atoms with Gasteiger partial charge in [0, 0.05) is 11.1 Å². The molecular weight excluding hydrogens is 373 g/mol. The number of carbonyl (C=O) groups is 2. The maximum atomic E-state index is 12.9. The summed E-state index contributed by atoms with van der Waals surface area (Å²) in [5, 5.41) is 0. The maximum absolute atomic E-state index is 12.9. The van der Waals surface area contributed by atoms with Gasteiger partial charge in [0.2, 0.25) is 0 Å². The first-order chi connectivity index (χ1) is 12.5. The molecular formula is C19H20FNO5S. The van der Waals surface area contributed by atoms with E-state index in [9.17, 15) is 22.4 Å². The summed E-state index contributed by atoms with van der Waals surface area (Å²) >= 11 is 0. The van der Waals surface area contributed by atoms with Crippen LogP contribution in [-0.2, 0) is 19.6 Å². The van der Waals surface area contributed by atoms with Crippen molar-refractivity contribution >= 4 is 27.5 Å². The van der Waals surface area contributed by atoms with Gasteiger partial charge in [-0.25, -0.2) is 17.6 Å². The lowest BCUT2D eigenvalue weighted by molar-refractivity contribution is -0.129. The Kier molecular flexibility index (Phi) is 6.00. The molecule has 0 aliphatic rings. The molecule has 2 aromatic rings. The summed E-state index contributed by atoms with van der Waals surface area (Å²) in [6.07, 6.45) is 0. The van der Waals surface area contributed by atoms with Crippen molar-refractivity contribution in [2.75, 3.05) is 11.3 Å². The van der Waals surface area contributed by atoms with Gasteiger partial charge in [-0.3, -0.25) is 9.52 Å². The topological polar surface area (TPSA) is 89.5 Å². The number of benzene rings is 2. The van der Waals surface area contributed by atoms with Crippen molar-refractivity contribution in [2.24, 2.45) is 5.41 Å². The number of rotatable bonds is 6. The molecule has 144 valence electrons. The number of hydrogen-bond donors (Lipinski definition) is 1. The van der Waals surface area contributed by atoms with Crippen molar-refractivity contribution in [1.29, 1.82) is 0 Å². The van der Waals surface area contributed by atoms with E-state index in [0.29, 0.717) is 0 Å². The smallest absolute Gasteiger partial charge is 0.338 e. The first-order valence-electron chi connectivity index (χ1n) is 8.08. The highest BCUT2D eigenvalue weighted by atomic mass is 32.2. The Morgan fingerprint density at radius 3 is 2.30 bits per heavy atom. The van der Waals surface area contributed by atoms with Crippen LogP contribution < -0.4 is 4.72 Å². The molecule has 0 saturated carbocycles. The molecule has 0 aromatic heterocycles. The third-order valence-electron chi connectivity index (χ3n) is 3.65. The summed E-state index contributed by atoms with van der Waals surface area (Å²) in [6, 6.07) is 10.0. The highest BCUT2D eigenvalue weighted by molar-refractivity contribution is 7.92. The second kappa shape index (κ2) is 7.87. The average Bonchev–Trinajstić information content (AvgIpc) is 2.60. The van der Waals surface area contributed by atoms with Crippen LogP contribution in [0.4, 0.5) is 10.1 Å². The van der Waals surface area contributed by atoms with Crippen LogP contribution in [0.1, 0.15) is 31.1 Å². The normalized spacial score (nSPS) is 11.7. The van der Waals surface area contributed by atoms with Gasteiger partial charge >= 0.3 is 5.97 Å². The van der Waals surface area contributed by atoms with Crippen LogP contribution >= 0.6 is 0 Å². The van der Waals surface area contributed by atoms with E-state index in [2.05, 4.69) is 4.72 Å². The number of halogens is 1. The van der Waals surface area contributed by atoms with Gasteiger partial charge in [-0.1, -0.05) is 26.8 Å². The molecule has 0 bridgehead atoms. The van der Waals surface area contributed by atoms with Crippen LogP contribution in [0.5, 0.6) is 0 Å². The first-order valence-corrected chi connectivity index (χ1v) is 9.56. The molecule has 0 aliphatic heterocycles. The SMILES string of the molecule is CC(C)(C)C(=O)COC(=O)c1cccc(S(=O)(=O)Nc2ccc(F)cc2)c1. The van der Waals surface area contributed by atoms with Crippen LogP contribution in [0.3, 0.4) is 0 Å². The number of sulfonamides is 1. The predicted molar refractivity (Wildman–Crippen MR) is 98.4 cm³/mol. The molecule has 0 amide bonds. The first kappa shape index (κ1) is 20.6. The van der Waals surface area contributed by atoms with E-state index in [1.54, 1.807) is 20.8 Å². The largest absolute Gasteiger partial charge is 0.454 e. The van der Waals surface area contributed by atoms with E-state index in [0.717, 1.165) is 18.2 Å². The zero-order valence-corrected chi connectivity index (χ0v) is 16.0. The van der Waals surface area contributed by atoms with Crippen LogP contribution in [0.2, 0.25) is 0 Å². The number of anilines is 1. The summed E-state index contributed by atoms with van der Waals surface area (Å²) < 4.78 is 45.1. The number of carbonyl (C=O) groups excluding carboxylic acids is 2. The number of ketones is 1. The Morgan fingerprint density at radius 1 is 1.07 bits per heavy atom. The quantitative estimate of drug-likeness (QED) is 0.760. The second-order valence-corrected chi connectivity index (χ2v) is 8.57. The number of hydrogen-bond acceptors (Lipinski definition) is 5. The molecule has 2 aromatic carbocycles. The Labute approximate surface area is 157 Å². The lowest BCUT2D eigenvalue weighted by Gasteiger charge is -2.16. The van der Waals surface area contributed by atoms with Gasteiger partial charge in [-0.2, -0.15) is 0 Å². The molecule has 27 heavy (non-hydrogen) atoms. The molecule has 1 N–H and O–H groups in total. The van der Waals surface area contributed by atoms with Crippen LogP contribution in [0.15, 0.2) is 53.4 Å². The van der Waals surface area contributed by atoms with Gasteiger partial charge in [-0.15, -0.1) is 0 Å². The van der Waals surface area contributed by atoms with E-state index in [-0.39, 0.29) is 21.9 Å². The Balaban J connectivity index is 2.14. The molecule has 0 unspecified atom stereocenters. The third-order valence-corrected chi connectivity index (χ3v) is 5.03. The van der Waals surface area contributed by atoms with E-state index in [1.807, 2.05) is 0 Å². The molecule has 0 atom stereocenters. The third kappa shape index (κ3) is 5.62. The Morgan fingerprint density at radius 2 is 1.70 bits per heavy atom. The fourth-order valence-electron chi connectivity index (χ4n) is 1.95. The fourth-order valence-corrected chi connectivity index (χ4v) is 3.06. The molecule has 8 heteroatoms. The van der Waals surface area contributed by atoms with Gasteiger partial charge < -0.3 is 4.74 Å². The van der Waals surface area contributed by atoms with E-state index in [1.165, 1.54) is 30.3 Å². The fraction of sp³-hybridized carbons (Fsp3) is 0.263. The number of Topliss-reactive ketones (excluding diaryl/α,β-unsaturated/α-hetero) is 1. The molecule has 0 fully saturated rings. The van der Waals surface area contributed by atoms with Crippen LogP contribution in [0.25, 0.3) is 0 Å². The summed E-state index contributed by atoms with van der Waals surface area (Å²) in [5.41, 5.74) is -0.469. The number of nitrogens with one attached hydrogen (secondary N) is 1. The van der Waals surface area contributed by atoms with Crippen molar-refractivity contribution in [3.05, 3.63) is 59.9 Å². The van der Waals surface area contributed by atoms with Gasteiger partial charge in [-0.05, 0) is 42.5 Å². The number of ether oxygens (including phenoxy) is 1. The minimum atomic E-state index is -3.98. The van der Waals surface area contributed by atoms with Crippen molar-refractivity contribution in [3.63, 3.8) is 0 Å². The van der Waals surface area contributed by atoms with E-state index in [4.69, 9.17) is 4.74 Å². The molecule has 0 heterocycles. The highest BCUT2D eigenvalue weighted by Gasteiger charge is 2.23. The highest BCUT2D eigenvalue weighted by Crippen LogP contribution is 2.19. The molecule has 6 nitrogen and oxygen atoms in total. The van der Waals surface area contributed by atoms with E-state index < -0.39 is 33.8 Å². The molecule has 0 saturated heterocycles. The van der Waals surface area contributed by atoms with Gasteiger partial charge in [0.25, 0.3) is 10.0 Å². The van der Waals surface area contributed by atoms with Gasteiger partial charge in [0.15, 0.2) is 12.4 Å². The second-order valence-electron chi connectivity index (χ2n) is 6.89. The van der Waals surface area contributed by atoms with Gasteiger partial charge in [0.05, 0.1) is 10.5 Å². The molecule has 2 rings (SSSR count). The zero-order valence-electron chi connectivity index (χ0n) is 15.2. The van der Waals surface area contributed by atoms with Crippen molar-refractivity contribution in [2.45, 2.75) is 25.7 Å². The molecule has 0 radical (unpaired) electrons. The van der Waals surface area contributed by atoms with Gasteiger partial charge in [0.1, 0.15) is 5.82 Å². The summed E-state index contributed by atoms with van der Waals surface area (Å²) in [6.45, 7) is 4.72. The number of esters is 1. The lowest BCUT2D eigenvalue weighted by atomic mass is 9.91. The van der Waals surface area contributed by atoms with Crippen LogP contribution in [0, 0.1) is 11.2 Å². The zero-order chi connectivity index (χ0) is 20.2. The average molecular weight is 393 g/mol. The minimum absolute atomic E-state index is 0.00121. The summed E-state index contributed by atoms with van der Waals surface area (Å²) in [4.78, 5) is 23.8. The monoisotopic (exact) mass is 393 g/mol. The Bertz CT molecular complexity index is 947.